The predicted molar refractivity (Wildman–Crippen MR) is 81.2 cm³/mol. The molecule has 2 aromatic rings. The number of hydrogen-bond acceptors (Lipinski definition) is 4. The summed E-state index contributed by atoms with van der Waals surface area (Å²) in [6.45, 7) is 2.92. The molecule has 112 valence electrons. The van der Waals surface area contributed by atoms with E-state index in [-0.39, 0.29) is 0 Å². The van der Waals surface area contributed by atoms with E-state index in [1.54, 1.807) is 18.0 Å². The van der Waals surface area contributed by atoms with E-state index in [0.717, 1.165) is 36.9 Å². The standard InChI is InChI=1S/C16H21N3O2/c1-20-15-6-2-5-14(8-15)19-11-16(10-18-19)21-12-13-4-3-7-17-9-13/h2,5-6,8,10-11,13,17H,3-4,7,9,12H2,1H3. The summed E-state index contributed by atoms with van der Waals surface area (Å²) in [5.41, 5.74) is 0.962. The van der Waals surface area contributed by atoms with Gasteiger partial charge in [0.15, 0.2) is 5.75 Å². The second-order valence-electron chi connectivity index (χ2n) is 5.35. The van der Waals surface area contributed by atoms with Gasteiger partial charge in [0.1, 0.15) is 5.75 Å². The van der Waals surface area contributed by atoms with Crippen molar-refractivity contribution in [2.24, 2.45) is 5.92 Å². The van der Waals surface area contributed by atoms with Crippen molar-refractivity contribution in [2.75, 3.05) is 26.8 Å². The normalized spacial score (nSPS) is 18.4. The van der Waals surface area contributed by atoms with Gasteiger partial charge in [0.25, 0.3) is 0 Å². The summed E-state index contributed by atoms with van der Waals surface area (Å²) in [6, 6.07) is 7.80. The third-order valence-electron chi connectivity index (χ3n) is 3.76. The maximum absolute atomic E-state index is 5.85. The highest BCUT2D eigenvalue weighted by atomic mass is 16.5. The van der Waals surface area contributed by atoms with Crippen molar-refractivity contribution in [1.82, 2.24) is 15.1 Å². The van der Waals surface area contributed by atoms with Gasteiger partial charge in [0.05, 0.1) is 31.8 Å². The molecule has 21 heavy (non-hydrogen) atoms. The highest BCUT2D eigenvalue weighted by molar-refractivity contribution is 5.39. The highest BCUT2D eigenvalue weighted by Gasteiger charge is 2.14. The molecule has 5 nitrogen and oxygen atoms in total. The van der Waals surface area contributed by atoms with Crippen LogP contribution in [0.25, 0.3) is 5.69 Å². The molecule has 1 aliphatic rings. The number of ether oxygens (including phenoxy) is 2. The van der Waals surface area contributed by atoms with Crippen LogP contribution in [0.2, 0.25) is 0 Å². The Balaban J connectivity index is 1.62. The van der Waals surface area contributed by atoms with Gasteiger partial charge in [-0.15, -0.1) is 0 Å². The molecule has 0 aliphatic carbocycles. The first-order valence-electron chi connectivity index (χ1n) is 7.38. The Kier molecular flexibility index (Phi) is 4.40. The molecule has 3 rings (SSSR count). The van der Waals surface area contributed by atoms with Crippen LogP contribution in [0.4, 0.5) is 0 Å². The van der Waals surface area contributed by atoms with Gasteiger partial charge < -0.3 is 14.8 Å². The van der Waals surface area contributed by atoms with Crippen LogP contribution in [0.15, 0.2) is 36.7 Å². The SMILES string of the molecule is COc1cccc(-n2cc(OCC3CCCNC3)cn2)c1. The lowest BCUT2D eigenvalue weighted by molar-refractivity contribution is 0.218. The molecule has 1 aromatic heterocycles. The fraction of sp³-hybridized carbons (Fsp3) is 0.438. The average molecular weight is 287 g/mol. The topological polar surface area (TPSA) is 48.3 Å². The molecule has 0 radical (unpaired) electrons. The van der Waals surface area contributed by atoms with Crippen LogP contribution in [0, 0.1) is 5.92 Å². The van der Waals surface area contributed by atoms with E-state index in [2.05, 4.69) is 10.4 Å². The Hall–Kier alpha value is -2.01. The smallest absolute Gasteiger partial charge is 0.157 e. The van der Waals surface area contributed by atoms with E-state index in [1.165, 1.54) is 12.8 Å². The second-order valence-corrected chi connectivity index (χ2v) is 5.35. The van der Waals surface area contributed by atoms with E-state index in [4.69, 9.17) is 9.47 Å². The zero-order valence-corrected chi connectivity index (χ0v) is 12.3. The lowest BCUT2D eigenvalue weighted by Gasteiger charge is -2.22. The van der Waals surface area contributed by atoms with Crippen molar-refractivity contribution in [1.29, 1.82) is 0 Å². The maximum atomic E-state index is 5.85. The Morgan fingerprint density at radius 2 is 2.33 bits per heavy atom. The Morgan fingerprint density at radius 3 is 3.14 bits per heavy atom. The number of piperidine rings is 1. The molecule has 1 aromatic carbocycles. The van der Waals surface area contributed by atoms with Crippen LogP contribution in [0.5, 0.6) is 11.5 Å². The third kappa shape index (κ3) is 3.55. The van der Waals surface area contributed by atoms with Gasteiger partial charge in [0, 0.05) is 18.5 Å². The van der Waals surface area contributed by atoms with Crippen LogP contribution >= 0.6 is 0 Å². The fourth-order valence-corrected chi connectivity index (χ4v) is 2.56. The minimum atomic E-state index is 0.596. The average Bonchev–Trinajstić information content (AvgIpc) is 3.03. The van der Waals surface area contributed by atoms with Crippen molar-refractivity contribution in [3.05, 3.63) is 36.7 Å². The summed E-state index contributed by atoms with van der Waals surface area (Å²) in [5.74, 6) is 2.22. The molecule has 1 unspecified atom stereocenters. The van der Waals surface area contributed by atoms with Gasteiger partial charge in [-0.05, 0) is 31.5 Å². The van der Waals surface area contributed by atoms with Crippen LogP contribution in [0.3, 0.4) is 0 Å². The minimum Gasteiger partial charge on any atom is -0.497 e. The van der Waals surface area contributed by atoms with E-state index < -0.39 is 0 Å². The molecular weight excluding hydrogens is 266 g/mol. The largest absolute Gasteiger partial charge is 0.497 e. The summed E-state index contributed by atoms with van der Waals surface area (Å²) in [7, 11) is 1.66. The maximum Gasteiger partial charge on any atom is 0.157 e. The van der Waals surface area contributed by atoms with Gasteiger partial charge >= 0.3 is 0 Å². The number of rotatable bonds is 5. The molecule has 1 fully saturated rings. The van der Waals surface area contributed by atoms with Crippen molar-refractivity contribution in [3.8, 4) is 17.2 Å². The zero-order chi connectivity index (χ0) is 14.5. The zero-order valence-electron chi connectivity index (χ0n) is 12.3. The number of nitrogens with one attached hydrogen (secondary N) is 1. The molecule has 1 N–H and O–H groups in total. The third-order valence-corrected chi connectivity index (χ3v) is 3.76. The van der Waals surface area contributed by atoms with Crippen LogP contribution < -0.4 is 14.8 Å². The van der Waals surface area contributed by atoms with Crippen LogP contribution in [-0.4, -0.2) is 36.6 Å². The first-order chi connectivity index (χ1) is 10.3. The number of benzene rings is 1. The first-order valence-corrected chi connectivity index (χ1v) is 7.38. The van der Waals surface area contributed by atoms with Crippen molar-refractivity contribution >= 4 is 0 Å². The molecule has 2 heterocycles. The van der Waals surface area contributed by atoms with E-state index >= 15 is 0 Å². The molecule has 0 bridgehead atoms. The number of hydrogen-bond donors (Lipinski definition) is 1. The van der Waals surface area contributed by atoms with E-state index in [1.807, 2.05) is 30.5 Å². The lowest BCUT2D eigenvalue weighted by Crippen LogP contribution is -2.32. The Morgan fingerprint density at radius 1 is 1.38 bits per heavy atom. The quantitative estimate of drug-likeness (QED) is 0.916. The summed E-state index contributed by atoms with van der Waals surface area (Å²) in [4.78, 5) is 0. The van der Waals surface area contributed by atoms with E-state index in [0.29, 0.717) is 5.92 Å². The van der Waals surface area contributed by atoms with Gasteiger partial charge in [-0.25, -0.2) is 4.68 Å². The summed E-state index contributed by atoms with van der Waals surface area (Å²) >= 11 is 0. The molecular formula is C16H21N3O2. The molecule has 0 amide bonds. The number of aromatic nitrogens is 2. The van der Waals surface area contributed by atoms with E-state index in [9.17, 15) is 0 Å². The lowest BCUT2D eigenvalue weighted by atomic mass is 10.0. The van der Waals surface area contributed by atoms with Crippen molar-refractivity contribution < 1.29 is 9.47 Å². The fourth-order valence-electron chi connectivity index (χ4n) is 2.56. The molecule has 1 saturated heterocycles. The molecule has 1 atom stereocenters. The molecule has 0 spiro atoms. The molecule has 1 aliphatic heterocycles. The van der Waals surface area contributed by atoms with Gasteiger partial charge in [-0.3, -0.25) is 0 Å². The number of methoxy groups -OCH3 is 1. The summed E-state index contributed by atoms with van der Waals surface area (Å²) in [6.07, 6.45) is 6.13. The Bertz CT molecular complexity index is 576. The minimum absolute atomic E-state index is 0.596. The van der Waals surface area contributed by atoms with Gasteiger partial charge in [0.2, 0.25) is 0 Å². The predicted octanol–water partition coefficient (Wildman–Crippen LogP) is 2.26. The monoisotopic (exact) mass is 287 g/mol. The van der Waals surface area contributed by atoms with Crippen LogP contribution in [0.1, 0.15) is 12.8 Å². The highest BCUT2D eigenvalue weighted by Crippen LogP contribution is 2.19. The summed E-state index contributed by atoms with van der Waals surface area (Å²) in [5, 5.41) is 7.75. The van der Waals surface area contributed by atoms with Gasteiger partial charge in [-0.1, -0.05) is 6.07 Å². The van der Waals surface area contributed by atoms with Crippen LogP contribution in [-0.2, 0) is 0 Å². The number of nitrogens with zero attached hydrogens (tertiary/aromatic N) is 2. The first kappa shape index (κ1) is 13.9. The van der Waals surface area contributed by atoms with Crippen molar-refractivity contribution in [3.63, 3.8) is 0 Å². The summed E-state index contributed by atoms with van der Waals surface area (Å²) < 4.78 is 12.9. The van der Waals surface area contributed by atoms with Gasteiger partial charge in [-0.2, -0.15) is 5.10 Å². The second kappa shape index (κ2) is 6.63. The molecule has 0 saturated carbocycles. The molecule has 5 heteroatoms. The Labute approximate surface area is 124 Å². The van der Waals surface area contributed by atoms with Crippen molar-refractivity contribution in [2.45, 2.75) is 12.8 Å².